The molecule has 0 spiro atoms. The third-order valence-corrected chi connectivity index (χ3v) is 3.17. The number of rotatable bonds is 4. The Morgan fingerprint density at radius 3 is 2.61 bits per heavy atom. The van der Waals surface area contributed by atoms with Gasteiger partial charge in [0.05, 0.1) is 0 Å². The molecule has 0 unspecified atom stereocenters. The van der Waals surface area contributed by atoms with E-state index in [1.807, 2.05) is 30.3 Å². The number of nitrogens with zero attached hydrogens (tertiary/aromatic N) is 2. The maximum Gasteiger partial charge on any atom is 0.413 e. The molecule has 2 N–H and O–H groups in total. The van der Waals surface area contributed by atoms with Crippen molar-refractivity contribution >= 4 is 23.5 Å². The molecule has 7 nitrogen and oxygen atoms in total. The lowest BCUT2D eigenvalue weighted by Crippen LogP contribution is -2.16. The smallest absolute Gasteiger partial charge is 0.413 e. The number of carbonyl (C=O) groups excluding carboxylic acids is 1. The van der Waals surface area contributed by atoms with E-state index >= 15 is 0 Å². The summed E-state index contributed by atoms with van der Waals surface area (Å²) in [7, 11) is 0. The van der Waals surface area contributed by atoms with E-state index in [1.165, 1.54) is 4.40 Å². The van der Waals surface area contributed by atoms with E-state index in [4.69, 9.17) is 4.74 Å². The lowest BCUT2D eigenvalue weighted by Gasteiger charge is -2.06. The molecule has 1 aromatic carbocycles. The zero-order valence-electron chi connectivity index (χ0n) is 12.0. The van der Waals surface area contributed by atoms with Gasteiger partial charge in [-0.2, -0.15) is 0 Å². The van der Waals surface area contributed by atoms with Crippen molar-refractivity contribution in [1.82, 2.24) is 9.38 Å². The van der Waals surface area contributed by atoms with Crippen LogP contribution in [0.1, 0.15) is 16.1 Å². The zero-order chi connectivity index (χ0) is 16.2. The second kappa shape index (κ2) is 6.18. The number of benzene rings is 1. The summed E-state index contributed by atoms with van der Waals surface area (Å²) < 4.78 is 6.45. The topological polar surface area (TPSA) is 92.9 Å². The largest absolute Gasteiger partial charge is 0.476 e. The van der Waals surface area contributed by atoms with Crippen LogP contribution in [-0.4, -0.2) is 26.6 Å². The number of imidazole rings is 1. The van der Waals surface area contributed by atoms with Crippen LogP contribution in [0.5, 0.6) is 0 Å². The van der Waals surface area contributed by atoms with Crippen LogP contribution in [0.4, 0.5) is 10.6 Å². The summed E-state index contributed by atoms with van der Waals surface area (Å²) in [5.41, 5.74) is 1.12. The molecule has 0 saturated heterocycles. The molecule has 0 aliphatic heterocycles. The summed E-state index contributed by atoms with van der Waals surface area (Å²) in [6.07, 6.45) is 0.798. The standard InChI is InChI=1S/C16H13N3O4/c20-15(21)13-14(17-12-8-4-5-9-19(12)13)18-16(22)23-10-11-6-2-1-3-7-11/h1-9H,10H2,(H,18,22)(H,20,21). The van der Waals surface area contributed by atoms with Gasteiger partial charge in [-0.3, -0.25) is 9.72 Å². The molecule has 0 aliphatic carbocycles. The summed E-state index contributed by atoms with van der Waals surface area (Å²) in [4.78, 5) is 27.4. The van der Waals surface area contributed by atoms with E-state index in [9.17, 15) is 14.7 Å². The van der Waals surface area contributed by atoms with Crippen molar-refractivity contribution in [1.29, 1.82) is 0 Å². The molecule has 0 aliphatic rings. The van der Waals surface area contributed by atoms with Crippen LogP contribution in [0, 0.1) is 0 Å². The van der Waals surface area contributed by atoms with Crippen LogP contribution < -0.4 is 5.32 Å². The minimum absolute atomic E-state index is 0.0539. The number of pyridine rings is 1. The molecule has 3 aromatic rings. The van der Waals surface area contributed by atoms with Crippen molar-refractivity contribution in [2.24, 2.45) is 0 Å². The number of aromatic carboxylic acids is 1. The van der Waals surface area contributed by atoms with Gasteiger partial charge in [-0.1, -0.05) is 36.4 Å². The number of amides is 1. The minimum Gasteiger partial charge on any atom is -0.476 e. The van der Waals surface area contributed by atoms with E-state index in [1.54, 1.807) is 24.4 Å². The van der Waals surface area contributed by atoms with Crippen LogP contribution in [0.15, 0.2) is 54.7 Å². The number of aromatic nitrogens is 2. The summed E-state index contributed by atoms with van der Waals surface area (Å²) in [5, 5.41) is 11.7. The first-order valence-corrected chi connectivity index (χ1v) is 6.83. The monoisotopic (exact) mass is 311 g/mol. The number of nitrogens with one attached hydrogen (secondary N) is 1. The summed E-state index contributed by atoms with van der Waals surface area (Å²) in [6, 6.07) is 14.2. The van der Waals surface area contributed by atoms with Gasteiger partial charge < -0.3 is 9.84 Å². The maximum absolute atomic E-state index is 11.9. The van der Waals surface area contributed by atoms with Gasteiger partial charge in [0.25, 0.3) is 0 Å². The Hall–Kier alpha value is -3.35. The van der Waals surface area contributed by atoms with Crippen molar-refractivity contribution in [2.45, 2.75) is 6.61 Å². The van der Waals surface area contributed by atoms with E-state index in [0.29, 0.717) is 5.65 Å². The number of hydrogen-bond acceptors (Lipinski definition) is 4. The van der Waals surface area contributed by atoms with Crippen molar-refractivity contribution < 1.29 is 19.4 Å². The van der Waals surface area contributed by atoms with E-state index in [0.717, 1.165) is 5.56 Å². The first-order chi connectivity index (χ1) is 11.1. The lowest BCUT2D eigenvalue weighted by molar-refractivity contribution is 0.0690. The molecule has 0 radical (unpaired) electrons. The number of ether oxygens (including phenoxy) is 1. The highest BCUT2D eigenvalue weighted by molar-refractivity contribution is 5.97. The van der Waals surface area contributed by atoms with Gasteiger partial charge in [-0.15, -0.1) is 0 Å². The predicted octanol–water partition coefficient (Wildman–Crippen LogP) is 2.78. The van der Waals surface area contributed by atoms with E-state index in [2.05, 4.69) is 10.3 Å². The number of carboxylic acid groups (broad SMARTS) is 1. The van der Waals surface area contributed by atoms with Gasteiger partial charge in [0.15, 0.2) is 11.5 Å². The second-order valence-electron chi connectivity index (χ2n) is 4.73. The van der Waals surface area contributed by atoms with Gasteiger partial charge in [0.2, 0.25) is 0 Å². The fourth-order valence-electron chi connectivity index (χ4n) is 2.14. The number of carboxylic acids is 1. The van der Waals surface area contributed by atoms with Crippen molar-refractivity contribution in [3.8, 4) is 0 Å². The third kappa shape index (κ3) is 3.13. The molecule has 23 heavy (non-hydrogen) atoms. The van der Waals surface area contributed by atoms with Gasteiger partial charge in [0.1, 0.15) is 12.3 Å². The summed E-state index contributed by atoms with van der Waals surface area (Å²) >= 11 is 0. The Morgan fingerprint density at radius 1 is 1.13 bits per heavy atom. The number of carbonyl (C=O) groups is 2. The Bertz CT molecular complexity index is 858. The van der Waals surface area contributed by atoms with Gasteiger partial charge >= 0.3 is 12.1 Å². The average molecular weight is 311 g/mol. The fraction of sp³-hybridized carbons (Fsp3) is 0.0625. The van der Waals surface area contributed by atoms with Crippen LogP contribution in [0.2, 0.25) is 0 Å². The Morgan fingerprint density at radius 2 is 1.87 bits per heavy atom. The molecule has 7 heteroatoms. The van der Waals surface area contributed by atoms with E-state index in [-0.39, 0.29) is 18.1 Å². The molecule has 0 atom stereocenters. The van der Waals surface area contributed by atoms with Crippen molar-refractivity contribution in [3.05, 3.63) is 66.0 Å². The van der Waals surface area contributed by atoms with Crippen molar-refractivity contribution in [3.63, 3.8) is 0 Å². The van der Waals surface area contributed by atoms with Crippen LogP contribution >= 0.6 is 0 Å². The van der Waals surface area contributed by atoms with Crippen LogP contribution in [0.25, 0.3) is 5.65 Å². The van der Waals surface area contributed by atoms with Crippen LogP contribution in [-0.2, 0) is 11.3 Å². The molecule has 0 bridgehead atoms. The lowest BCUT2D eigenvalue weighted by atomic mass is 10.2. The second-order valence-corrected chi connectivity index (χ2v) is 4.73. The van der Waals surface area contributed by atoms with Gasteiger partial charge in [-0.25, -0.2) is 14.6 Å². The Balaban J connectivity index is 1.77. The summed E-state index contributed by atoms with van der Waals surface area (Å²) in [5.74, 6) is -1.25. The number of hydrogen-bond donors (Lipinski definition) is 2. The maximum atomic E-state index is 11.9. The molecule has 0 saturated carbocycles. The van der Waals surface area contributed by atoms with Gasteiger partial charge in [0, 0.05) is 6.20 Å². The minimum atomic E-state index is -1.19. The van der Waals surface area contributed by atoms with Gasteiger partial charge in [-0.05, 0) is 17.7 Å². The first kappa shape index (κ1) is 14.6. The van der Waals surface area contributed by atoms with E-state index < -0.39 is 12.1 Å². The molecule has 1 amide bonds. The summed E-state index contributed by atoms with van der Waals surface area (Å²) in [6.45, 7) is 0.0858. The molecule has 116 valence electrons. The Kier molecular flexibility index (Phi) is 3.92. The fourth-order valence-corrected chi connectivity index (χ4v) is 2.14. The SMILES string of the molecule is O=C(Nc1nc2ccccn2c1C(=O)O)OCc1ccccc1. The average Bonchev–Trinajstić information content (AvgIpc) is 2.91. The molecule has 2 heterocycles. The van der Waals surface area contributed by atoms with Crippen LogP contribution in [0.3, 0.4) is 0 Å². The molecule has 0 fully saturated rings. The number of fused-ring (bicyclic) bond motifs is 1. The first-order valence-electron chi connectivity index (χ1n) is 6.83. The third-order valence-electron chi connectivity index (χ3n) is 3.17. The van der Waals surface area contributed by atoms with Crippen molar-refractivity contribution in [2.75, 3.05) is 5.32 Å². The number of anilines is 1. The molecule has 2 aromatic heterocycles. The molecule has 3 rings (SSSR count). The quantitative estimate of drug-likeness (QED) is 0.773. The molecular weight excluding hydrogens is 298 g/mol. The highest BCUT2D eigenvalue weighted by Crippen LogP contribution is 2.18. The highest BCUT2D eigenvalue weighted by atomic mass is 16.5. The predicted molar refractivity (Wildman–Crippen MR) is 82.4 cm³/mol. The highest BCUT2D eigenvalue weighted by Gasteiger charge is 2.20. The Labute approximate surface area is 131 Å². The molecular formula is C16H13N3O4. The normalized spacial score (nSPS) is 10.4. The zero-order valence-corrected chi connectivity index (χ0v) is 12.0.